The van der Waals surface area contributed by atoms with Crippen LogP contribution in [0, 0.1) is 0 Å². The highest BCUT2D eigenvalue weighted by Gasteiger charge is 2.38. The standard InChI is InChI=1S/C22H21N3O5/c1-15(26)24-12-10-23(11-13-24)14-16-6-8-17(9-7-16)22(29)30-25-20(27)18-4-2-3-5-19(18)21(25)28/h2-9H,10-14H2,1H3. The zero-order valence-corrected chi connectivity index (χ0v) is 16.5. The lowest BCUT2D eigenvalue weighted by molar-refractivity contribution is -0.130. The molecule has 0 N–H and O–H groups in total. The second-order valence-corrected chi connectivity index (χ2v) is 7.31. The molecule has 8 heteroatoms. The Kier molecular flexibility index (Phi) is 5.33. The molecule has 154 valence electrons. The van der Waals surface area contributed by atoms with Gasteiger partial charge in [-0.05, 0) is 29.8 Å². The van der Waals surface area contributed by atoms with Gasteiger partial charge in [0.05, 0.1) is 16.7 Å². The molecular formula is C22H21N3O5. The Morgan fingerprint density at radius 3 is 1.97 bits per heavy atom. The van der Waals surface area contributed by atoms with Gasteiger partial charge in [-0.1, -0.05) is 29.3 Å². The van der Waals surface area contributed by atoms with Crippen molar-refractivity contribution >= 4 is 23.7 Å². The summed E-state index contributed by atoms with van der Waals surface area (Å²) >= 11 is 0. The highest BCUT2D eigenvalue weighted by Crippen LogP contribution is 2.23. The van der Waals surface area contributed by atoms with Gasteiger partial charge in [-0.3, -0.25) is 19.3 Å². The van der Waals surface area contributed by atoms with Crippen LogP contribution in [0.3, 0.4) is 0 Å². The third kappa shape index (κ3) is 3.81. The Morgan fingerprint density at radius 2 is 1.43 bits per heavy atom. The van der Waals surface area contributed by atoms with Crippen LogP contribution in [-0.2, 0) is 16.2 Å². The van der Waals surface area contributed by atoms with Gasteiger partial charge in [0.15, 0.2) is 0 Å². The van der Waals surface area contributed by atoms with Gasteiger partial charge in [0.25, 0.3) is 11.8 Å². The first kappa shape index (κ1) is 19.8. The molecule has 2 aliphatic heterocycles. The number of amides is 3. The Balaban J connectivity index is 1.36. The summed E-state index contributed by atoms with van der Waals surface area (Å²) < 4.78 is 0. The number of carbonyl (C=O) groups is 4. The Morgan fingerprint density at radius 1 is 0.867 bits per heavy atom. The molecule has 1 saturated heterocycles. The van der Waals surface area contributed by atoms with E-state index in [2.05, 4.69) is 4.90 Å². The maximum atomic E-state index is 12.4. The topological polar surface area (TPSA) is 87.2 Å². The van der Waals surface area contributed by atoms with E-state index in [9.17, 15) is 19.2 Å². The molecule has 0 aliphatic carbocycles. The number of hydroxylamine groups is 2. The van der Waals surface area contributed by atoms with Gasteiger partial charge in [-0.15, -0.1) is 0 Å². The minimum absolute atomic E-state index is 0.0931. The van der Waals surface area contributed by atoms with Crippen LogP contribution in [0.5, 0.6) is 0 Å². The van der Waals surface area contributed by atoms with Gasteiger partial charge in [-0.25, -0.2) is 4.79 Å². The number of hydrogen-bond acceptors (Lipinski definition) is 6. The van der Waals surface area contributed by atoms with Gasteiger partial charge >= 0.3 is 5.97 Å². The summed E-state index contributed by atoms with van der Waals surface area (Å²) in [5, 5.41) is 0.509. The number of hydrogen-bond donors (Lipinski definition) is 0. The van der Waals surface area contributed by atoms with E-state index in [-0.39, 0.29) is 22.6 Å². The number of carbonyl (C=O) groups excluding carboxylic acids is 4. The Bertz CT molecular complexity index is 975. The van der Waals surface area contributed by atoms with Crippen molar-refractivity contribution in [1.29, 1.82) is 0 Å². The van der Waals surface area contributed by atoms with Gasteiger partial charge in [0, 0.05) is 39.6 Å². The van der Waals surface area contributed by atoms with Crippen LogP contribution in [0.15, 0.2) is 48.5 Å². The Hall–Kier alpha value is -3.52. The van der Waals surface area contributed by atoms with Crippen molar-refractivity contribution in [2.45, 2.75) is 13.5 Å². The molecule has 2 aromatic rings. The number of rotatable bonds is 4. The van der Waals surface area contributed by atoms with E-state index < -0.39 is 17.8 Å². The first-order valence-corrected chi connectivity index (χ1v) is 9.71. The normalized spacial score (nSPS) is 16.6. The molecule has 0 aromatic heterocycles. The fraction of sp³-hybridized carbons (Fsp3) is 0.273. The summed E-state index contributed by atoms with van der Waals surface area (Å²) in [6.07, 6.45) is 0. The molecule has 0 saturated carbocycles. The Labute approximate surface area is 173 Å². The SMILES string of the molecule is CC(=O)N1CCN(Cc2ccc(C(=O)ON3C(=O)c4ccccc4C3=O)cc2)CC1. The number of nitrogens with zero attached hydrogens (tertiary/aromatic N) is 3. The third-order valence-electron chi connectivity index (χ3n) is 5.34. The van der Waals surface area contributed by atoms with Crippen LogP contribution in [0.25, 0.3) is 0 Å². The van der Waals surface area contributed by atoms with Crippen molar-refractivity contribution in [2.24, 2.45) is 0 Å². The average molecular weight is 407 g/mol. The highest BCUT2D eigenvalue weighted by molar-refractivity contribution is 6.21. The summed E-state index contributed by atoms with van der Waals surface area (Å²) in [5.74, 6) is -1.97. The number of fused-ring (bicyclic) bond motifs is 1. The predicted molar refractivity (Wildman–Crippen MR) is 106 cm³/mol. The molecule has 30 heavy (non-hydrogen) atoms. The van der Waals surface area contributed by atoms with Gasteiger partial charge < -0.3 is 9.74 Å². The molecule has 1 fully saturated rings. The van der Waals surface area contributed by atoms with Crippen molar-refractivity contribution < 1.29 is 24.0 Å². The molecule has 3 amide bonds. The van der Waals surface area contributed by atoms with E-state index in [1.165, 1.54) is 12.1 Å². The first-order chi connectivity index (χ1) is 14.4. The summed E-state index contributed by atoms with van der Waals surface area (Å²) in [5.41, 5.74) is 1.70. The highest BCUT2D eigenvalue weighted by atomic mass is 16.7. The third-order valence-corrected chi connectivity index (χ3v) is 5.34. The first-order valence-electron chi connectivity index (χ1n) is 9.71. The van der Waals surface area contributed by atoms with Crippen LogP contribution >= 0.6 is 0 Å². The summed E-state index contributed by atoms with van der Waals surface area (Å²) in [4.78, 5) is 57.6. The molecular weight excluding hydrogens is 386 g/mol. The lowest BCUT2D eigenvalue weighted by Gasteiger charge is -2.34. The lowest BCUT2D eigenvalue weighted by Crippen LogP contribution is -2.47. The van der Waals surface area contributed by atoms with Gasteiger partial charge in [-0.2, -0.15) is 0 Å². The monoisotopic (exact) mass is 407 g/mol. The van der Waals surface area contributed by atoms with Crippen LogP contribution in [0.4, 0.5) is 0 Å². The van der Waals surface area contributed by atoms with Crippen LogP contribution in [0.2, 0.25) is 0 Å². The number of piperazine rings is 1. The second-order valence-electron chi connectivity index (χ2n) is 7.31. The summed E-state index contributed by atoms with van der Waals surface area (Å²) in [6, 6.07) is 13.2. The maximum absolute atomic E-state index is 12.4. The molecule has 0 spiro atoms. The average Bonchev–Trinajstić information content (AvgIpc) is 3.00. The van der Waals surface area contributed by atoms with Crippen molar-refractivity contribution in [3.05, 3.63) is 70.8 Å². The maximum Gasteiger partial charge on any atom is 0.363 e. The predicted octanol–water partition coefficient (Wildman–Crippen LogP) is 1.72. The summed E-state index contributed by atoms with van der Waals surface area (Å²) in [6.45, 7) is 5.29. The quantitative estimate of drug-likeness (QED) is 0.718. The van der Waals surface area contributed by atoms with Crippen molar-refractivity contribution in [3.63, 3.8) is 0 Å². The minimum Gasteiger partial charge on any atom is -0.340 e. The van der Waals surface area contributed by atoms with Crippen molar-refractivity contribution in [2.75, 3.05) is 26.2 Å². The molecule has 2 aliphatic rings. The summed E-state index contributed by atoms with van der Waals surface area (Å²) in [7, 11) is 0. The molecule has 0 unspecified atom stereocenters. The van der Waals surface area contributed by atoms with Crippen LogP contribution in [0.1, 0.15) is 43.6 Å². The van der Waals surface area contributed by atoms with Crippen molar-refractivity contribution in [3.8, 4) is 0 Å². The lowest BCUT2D eigenvalue weighted by atomic mass is 10.1. The van der Waals surface area contributed by atoms with E-state index in [1.54, 1.807) is 31.2 Å². The zero-order chi connectivity index (χ0) is 21.3. The molecule has 2 heterocycles. The molecule has 4 rings (SSSR count). The zero-order valence-electron chi connectivity index (χ0n) is 16.5. The van der Waals surface area contributed by atoms with Crippen LogP contribution < -0.4 is 0 Å². The fourth-order valence-electron chi connectivity index (χ4n) is 3.61. The largest absolute Gasteiger partial charge is 0.363 e. The fourth-order valence-corrected chi connectivity index (χ4v) is 3.61. The molecule has 0 bridgehead atoms. The number of imide groups is 1. The number of benzene rings is 2. The van der Waals surface area contributed by atoms with E-state index in [0.717, 1.165) is 18.7 Å². The molecule has 8 nitrogen and oxygen atoms in total. The smallest absolute Gasteiger partial charge is 0.340 e. The van der Waals surface area contributed by atoms with Crippen LogP contribution in [-0.4, -0.2) is 64.7 Å². The van der Waals surface area contributed by atoms with E-state index in [1.807, 2.05) is 17.0 Å². The second kappa shape index (κ2) is 8.08. The molecule has 2 aromatic carbocycles. The molecule has 0 radical (unpaired) electrons. The van der Waals surface area contributed by atoms with E-state index >= 15 is 0 Å². The van der Waals surface area contributed by atoms with Gasteiger partial charge in [0.1, 0.15) is 0 Å². The minimum atomic E-state index is -0.772. The van der Waals surface area contributed by atoms with Crippen molar-refractivity contribution in [1.82, 2.24) is 14.9 Å². The van der Waals surface area contributed by atoms with E-state index in [4.69, 9.17) is 4.84 Å². The van der Waals surface area contributed by atoms with E-state index in [0.29, 0.717) is 24.7 Å². The van der Waals surface area contributed by atoms with Gasteiger partial charge in [0.2, 0.25) is 5.91 Å². The molecule has 0 atom stereocenters.